The Morgan fingerprint density at radius 2 is 2.07 bits per heavy atom. The molecule has 5 heteroatoms. The lowest BCUT2D eigenvalue weighted by Crippen LogP contribution is -2.42. The molecule has 1 aliphatic rings. The fourth-order valence-electron chi connectivity index (χ4n) is 1.46. The molecule has 0 saturated carbocycles. The van der Waals surface area contributed by atoms with Crippen molar-refractivity contribution < 1.29 is 0 Å². The van der Waals surface area contributed by atoms with Gasteiger partial charge >= 0.3 is 0 Å². The third kappa shape index (κ3) is 1.82. The van der Waals surface area contributed by atoms with Gasteiger partial charge in [0, 0.05) is 16.8 Å². The SMILES string of the molecule is NC1=NC(N)(c2ccccc2Cl)C=CN1. The van der Waals surface area contributed by atoms with E-state index >= 15 is 0 Å². The number of guanidine groups is 1. The molecule has 1 aromatic rings. The van der Waals surface area contributed by atoms with Crippen LogP contribution >= 0.6 is 11.6 Å². The molecule has 4 nitrogen and oxygen atoms in total. The smallest absolute Gasteiger partial charge is 0.195 e. The molecule has 0 spiro atoms. The van der Waals surface area contributed by atoms with Crippen molar-refractivity contribution in [1.82, 2.24) is 5.32 Å². The summed E-state index contributed by atoms with van der Waals surface area (Å²) >= 11 is 6.05. The lowest BCUT2D eigenvalue weighted by atomic mass is 10.0. The first-order valence-electron chi connectivity index (χ1n) is 4.45. The number of hydrogen-bond acceptors (Lipinski definition) is 4. The highest BCUT2D eigenvalue weighted by Crippen LogP contribution is 2.29. The minimum absolute atomic E-state index is 0.278. The van der Waals surface area contributed by atoms with E-state index in [1.54, 1.807) is 18.3 Å². The third-order valence-electron chi connectivity index (χ3n) is 2.18. The third-order valence-corrected chi connectivity index (χ3v) is 2.51. The van der Waals surface area contributed by atoms with Gasteiger partial charge in [0.15, 0.2) is 11.6 Å². The van der Waals surface area contributed by atoms with E-state index in [4.69, 9.17) is 23.1 Å². The number of halogens is 1. The summed E-state index contributed by atoms with van der Waals surface area (Å²) in [6.07, 6.45) is 3.37. The van der Waals surface area contributed by atoms with Crippen LogP contribution in [0.15, 0.2) is 41.5 Å². The molecule has 0 saturated heterocycles. The number of rotatable bonds is 1. The molecule has 1 atom stereocenters. The second kappa shape index (κ2) is 3.56. The van der Waals surface area contributed by atoms with Gasteiger partial charge in [0.1, 0.15) is 0 Å². The van der Waals surface area contributed by atoms with Crippen LogP contribution in [0.25, 0.3) is 0 Å². The number of aliphatic imine (C=N–C) groups is 1. The molecular weight excluding hydrogens is 212 g/mol. The maximum absolute atomic E-state index is 6.09. The van der Waals surface area contributed by atoms with Crippen molar-refractivity contribution >= 4 is 17.6 Å². The molecule has 1 unspecified atom stereocenters. The lowest BCUT2D eigenvalue weighted by Gasteiger charge is -2.26. The van der Waals surface area contributed by atoms with E-state index in [9.17, 15) is 0 Å². The molecule has 0 amide bonds. The van der Waals surface area contributed by atoms with Crippen LogP contribution in [0.4, 0.5) is 0 Å². The van der Waals surface area contributed by atoms with E-state index in [1.165, 1.54) is 0 Å². The normalized spacial score (nSPS) is 24.5. The first-order valence-corrected chi connectivity index (χ1v) is 4.83. The number of nitrogens with two attached hydrogens (primary N) is 2. The number of nitrogens with zero attached hydrogens (tertiary/aromatic N) is 1. The first-order chi connectivity index (χ1) is 7.12. The molecule has 0 fully saturated rings. The van der Waals surface area contributed by atoms with Gasteiger partial charge in [-0.25, -0.2) is 4.99 Å². The van der Waals surface area contributed by atoms with Gasteiger partial charge in [-0.2, -0.15) is 0 Å². The van der Waals surface area contributed by atoms with E-state index < -0.39 is 5.66 Å². The second-order valence-corrected chi connectivity index (χ2v) is 3.69. The van der Waals surface area contributed by atoms with Crippen molar-refractivity contribution in [3.63, 3.8) is 0 Å². The zero-order valence-electron chi connectivity index (χ0n) is 7.94. The largest absolute Gasteiger partial charge is 0.370 e. The molecule has 1 heterocycles. The highest BCUT2D eigenvalue weighted by atomic mass is 35.5. The molecule has 2 rings (SSSR count). The van der Waals surface area contributed by atoms with Crippen molar-refractivity contribution in [1.29, 1.82) is 0 Å². The summed E-state index contributed by atoms with van der Waals surface area (Å²) in [4.78, 5) is 4.14. The van der Waals surface area contributed by atoms with Crippen LogP contribution < -0.4 is 16.8 Å². The van der Waals surface area contributed by atoms with Gasteiger partial charge in [0.25, 0.3) is 0 Å². The zero-order chi connectivity index (χ0) is 10.9. The number of hydrogen-bond donors (Lipinski definition) is 3. The predicted molar refractivity (Wildman–Crippen MR) is 61.2 cm³/mol. The first kappa shape index (κ1) is 10.0. The molecule has 0 aliphatic carbocycles. The molecule has 0 aromatic heterocycles. The van der Waals surface area contributed by atoms with Crippen molar-refractivity contribution in [2.45, 2.75) is 5.66 Å². The summed E-state index contributed by atoms with van der Waals surface area (Å²) in [5, 5.41) is 3.32. The van der Waals surface area contributed by atoms with E-state index in [0.29, 0.717) is 5.02 Å². The Morgan fingerprint density at radius 1 is 1.33 bits per heavy atom. The Morgan fingerprint density at radius 3 is 2.73 bits per heavy atom. The van der Waals surface area contributed by atoms with Crippen LogP contribution in [0.3, 0.4) is 0 Å². The second-order valence-electron chi connectivity index (χ2n) is 3.28. The molecule has 78 valence electrons. The molecule has 1 aromatic carbocycles. The summed E-state index contributed by atoms with van der Waals surface area (Å²) in [7, 11) is 0. The number of benzene rings is 1. The summed E-state index contributed by atoms with van der Waals surface area (Å²) in [6, 6.07) is 7.30. The molecule has 0 radical (unpaired) electrons. The van der Waals surface area contributed by atoms with Crippen LogP contribution in [0, 0.1) is 0 Å². The minimum atomic E-state index is -0.978. The summed E-state index contributed by atoms with van der Waals surface area (Å²) < 4.78 is 0. The van der Waals surface area contributed by atoms with Crippen molar-refractivity contribution in [2.24, 2.45) is 16.5 Å². The van der Waals surface area contributed by atoms with Crippen LogP contribution in [0.5, 0.6) is 0 Å². The van der Waals surface area contributed by atoms with Crippen LogP contribution in [-0.2, 0) is 5.66 Å². The number of nitrogens with one attached hydrogen (secondary N) is 1. The monoisotopic (exact) mass is 222 g/mol. The van der Waals surface area contributed by atoms with Crippen LogP contribution in [0.1, 0.15) is 5.56 Å². The highest BCUT2D eigenvalue weighted by molar-refractivity contribution is 6.31. The Kier molecular flexibility index (Phi) is 2.38. The van der Waals surface area contributed by atoms with Gasteiger partial charge in [-0.3, -0.25) is 5.73 Å². The van der Waals surface area contributed by atoms with Crippen molar-refractivity contribution in [3.05, 3.63) is 47.1 Å². The molecule has 15 heavy (non-hydrogen) atoms. The van der Waals surface area contributed by atoms with Gasteiger partial charge in [0.05, 0.1) is 0 Å². The van der Waals surface area contributed by atoms with Gasteiger partial charge in [-0.15, -0.1) is 0 Å². The fourth-order valence-corrected chi connectivity index (χ4v) is 1.75. The summed E-state index contributed by atoms with van der Waals surface area (Å²) in [5.41, 5.74) is 11.4. The molecule has 1 aliphatic heterocycles. The van der Waals surface area contributed by atoms with Gasteiger partial charge in [-0.1, -0.05) is 29.8 Å². The molecule has 0 bridgehead atoms. The van der Waals surface area contributed by atoms with Gasteiger partial charge in [0.2, 0.25) is 0 Å². The molecular formula is C10H11ClN4. The summed E-state index contributed by atoms with van der Waals surface area (Å²) in [6.45, 7) is 0. The predicted octanol–water partition coefficient (Wildman–Crippen LogP) is 0.883. The van der Waals surface area contributed by atoms with E-state index in [-0.39, 0.29) is 5.96 Å². The van der Waals surface area contributed by atoms with Crippen molar-refractivity contribution in [3.8, 4) is 0 Å². The van der Waals surface area contributed by atoms with Crippen LogP contribution in [-0.4, -0.2) is 5.96 Å². The minimum Gasteiger partial charge on any atom is -0.370 e. The molecule has 5 N–H and O–H groups in total. The maximum Gasteiger partial charge on any atom is 0.195 e. The van der Waals surface area contributed by atoms with E-state index in [1.807, 2.05) is 18.2 Å². The Hall–Kier alpha value is -1.52. The summed E-state index contributed by atoms with van der Waals surface area (Å²) in [5.74, 6) is 0.278. The standard InChI is InChI=1S/C10H11ClN4/c11-8-4-2-1-3-7(8)10(13)5-6-14-9(12)15-10/h1-6H,13H2,(H3,12,14,15). The Labute approximate surface area is 92.6 Å². The average molecular weight is 223 g/mol. The Balaban J connectivity index is 2.50. The van der Waals surface area contributed by atoms with Crippen molar-refractivity contribution in [2.75, 3.05) is 0 Å². The van der Waals surface area contributed by atoms with E-state index in [2.05, 4.69) is 10.3 Å². The topological polar surface area (TPSA) is 76.4 Å². The Bertz CT molecular complexity index is 441. The average Bonchev–Trinajstić information content (AvgIpc) is 2.17. The zero-order valence-corrected chi connectivity index (χ0v) is 8.70. The maximum atomic E-state index is 6.09. The fraction of sp³-hybridized carbons (Fsp3) is 0.100. The quantitative estimate of drug-likeness (QED) is 0.660. The van der Waals surface area contributed by atoms with Gasteiger partial charge < -0.3 is 11.1 Å². The van der Waals surface area contributed by atoms with Gasteiger partial charge in [-0.05, 0) is 12.1 Å². The highest BCUT2D eigenvalue weighted by Gasteiger charge is 2.27. The lowest BCUT2D eigenvalue weighted by molar-refractivity contribution is 0.581. The van der Waals surface area contributed by atoms with E-state index in [0.717, 1.165) is 5.56 Å². The van der Waals surface area contributed by atoms with Crippen LogP contribution in [0.2, 0.25) is 5.02 Å².